The first-order valence-corrected chi connectivity index (χ1v) is 8.78. The molecule has 0 saturated carbocycles. The van der Waals surface area contributed by atoms with Crippen LogP contribution < -0.4 is 0 Å². The highest BCUT2D eigenvalue weighted by Gasteiger charge is 2.29. The smallest absolute Gasteiger partial charge is 0.255 e. The molecule has 1 aliphatic heterocycles. The number of carbonyl (C=O) groups is 1. The van der Waals surface area contributed by atoms with Crippen LogP contribution in [-0.4, -0.2) is 44.2 Å². The van der Waals surface area contributed by atoms with Crippen LogP contribution in [0.5, 0.6) is 0 Å². The molecule has 1 saturated heterocycles. The first kappa shape index (κ1) is 17.3. The minimum atomic E-state index is -0.315. The molecule has 138 valence electrons. The predicted molar refractivity (Wildman–Crippen MR) is 94.3 cm³/mol. The fraction of sp³-hybridized carbons (Fsp3) is 0.316. The molecule has 3 heterocycles. The summed E-state index contributed by atoms with van der Waals surface area (Å²) >= 11 is 0. The average molecular weight is 367 g/mol. The number of carbonyl (C=O) groups excluding carboxylic acids is 1. The van der Waals surface area contributed by atoms with Gasteiger partial charge in [-0.25, -0.2) is 4.39 Å². The molecule has 1 aliphatic rings. The molecule has 1 atom stereocenters. The van der Waals surface area contributed by atoms with Crippen LogP contribution in [0.4, 0.5) is 4.39 Å². The zero-order valence-electron chi connectivity index (χ0n) is 14.8. The predicted octanol–water partition coefficient (Wildman–Crippen LogP) is 2.99. The van der Waals surface area contributed by atoms with Gasteiger partial charge in [0.2, 0.25) is 11.7 Å². The van der Waals surface area contributed by atoms with Gasteiger partial charge < -0.3 is 9.42 Å². The van der Waals surface area contributed by atoms with Crippen molar-refractivity contribution in [1.82, 2.24) is 25.2 Å². The van der Waals surface area contributed by atoms with Crippen LogP contribution in [-0.2, 0) is 0 Å². The third kappa shape index (κ3) is 3.69. The Balaban J connectivity index is 1.50. The van der Waals surface area contributed by atoms with Gasteiger partial charge in [-0.2, -0.15) is 15.2 Å². The van der Waals surface area contributed by atoms with E-state index in [1.54, 1.807) is 30.0 Å². The molecule has 0 radical (unpaired) electrons. The van der Waals surface area contributed by atoms with Crippen LogP contribution in [0, 0.1) is 12.7 Å². The molecule has 1 aromatic carbocycles. The van der Waals surface area contributed by atoms with Gasteiger partial charge in [-0.3, -0.25) is 4.79 Å². The highest BCUT2D eigenvalue weighted by Crippen LogP contribution is 2.28. The van der Waals surface area contributed by atoms with Gasteiger partial charge in [-0.15, -0.1) is 0 Å². The van der Waals surface area contributed by atoms with Crippen LogP contribution in [0.15, 0.2) is 41.1 Å². The summed E-state index contributed by atoms with van der Waals surface area (Å²) in [6.07, 6.45) is 3.20. The molecule has 0 spiro atoms. The van der Waals surface area contributed by atoms with Gasteiger partial charge >= 0.3 is 0 Å². The van der Waals surface area contributed by atoms with Gasteiger partial charge in [0.1, 0.15) is 5.82 Å². The van der Waals surface area contributed by atoms with Gasteiger partial charge in [0, 0.05) is 18.7 Å². The number of halogens is 1. The molecule has 4 rings (SSSR count). The van der Waals surface area contributed by atoms with Crippen LogP contribution in [0.25, 0.3) is 11.4 Å². The molecule has 1 fully saturated rings. The summed E-state index contributed by atoms with van der Waals surface area (Å²) in [6, 6.07) is 7.67. The summed E-state index contributed by atoms with van der Waals surface area (Å²) in [7, 11) is 0. The van der Waals surface area contributed by atoms with E-state index in [-0.39, 0.29) is 17.6 Å². The molecule has 3 aromatic rings. The van der Waals surface area contributed by atoms with Gasteiger partial charge in [-0.1, -0.05) is 5.16 Å². The van der Waals surface area contributed by atoms with E-state index in [0.29, 0.717) is 41.6 Å². The lowest BCUT2D eigenvalue weighted by molar-refractivity contribution is 0.0695. The molecule has 8 heteroatoms. The normalized spacial score (nSPS) is 17.1. The van der Waals surface area contributed by atoms with Crippen molar-refractivity contribution in [2.75, 3.05) is 13.1 Å². The SMILES string of the molecule is Cc1cc(C(=O)N2CCCC(c3nc(-c4ccc(F)cc4)no3)C2)cnn1. The van der Waals surface area contributed by atoms with Gasteiger partial charge in [0.05, 0.1) is 23.4 Å². The summed E-state index contributed by atoms with van der Waals surface area (Å²) in [5, 5.41) is 11.7. The summed E-state index contributed by atoms with van der Waals surface area (Å²) < 4.78 is 18.5. The highest BCUT2D eigenvalue weighted by molar-refractivity contribution is 5.94. The average Bonchev–Trinajstić information content (AvgIpc) is 3.18. The minimum Gasteiger partial charge on any atom is -0.339 e. The second-order valence-electron chi connectivity index (χ2n) is 6.64. The first-order valence-electron chi connectivity index (χ1n) is 8.78. The Morgan fingerprint density at radius 2 is 2.11 bits per heavy atom. The number of nitrogens with zero attached hydrogens (tertiary/aromatic N) is 5. The van der Waals surface area contributed by atoms with E-state index in [1.807, 2.05) is 0 Å². The van der Waals surface area contributed by atoms with Crippen molar-refractivity contribution in [1.29, 1.82) is 0 Å². The van der Waals surface area contributed by atoms with Crippen molar-refractivity contribution in [3.8, 4) is 11.4 Å². The molecule has 27 heavy (non-hydrogen) atoms. The van der Waals surface area contributed by atoms with Crippen molar-refractivity contribution in [3.63, 3.8) is 0 Å². The van der Waals surface area contributed by atoms with Crippen LogP contribution in [0.3, 0.4) is 0 Å². The third-order valence-corrected chi connectivity index (χ3v) is 4.63. The van der Waals surface area contributed by atoms with Crippen LogP contribution in [0.2, 0.25) is 0 Å². The topological polar surface area (TPSA) is 85.0 Å². The highest BCUT2D eigenvalue weighted by atomic mass is 19.1. The Hall–Kier alpha value is -3.16. The fourth-order valence-electron chi connectivity index (χ4n) is 3.25. The summed E-state index contributed by atoms with van der Waals surface area (Å²) in [4.78, 5) is 19.0. The van der Waals surface area contributed by atoms with Gasteiger partial charge in [0.15, 0.2) is 0 Å². The number of amides is 1. The lowest BCUT2D eigenvalue weighted by atomic mass is 9.97. The maximum absolute atomic E-state index is 13.1. The molecule has 0 aliphatic carbocycles. The summed E-state index contributed by atoms with van der Waals surface area (Å²) in [5.41, 5.74) is 1.92. The zero-order chi connectivity index (χ0) is 18.8. The van der Waals surface area contributed by atoms with Gasteiger partial charge in [-0.05, 0) is 50.1 Å². The minimum absolute atomic E-state index is 0.0275. The molecule has 2 aromatic heterocycles. The van der Waals surface area contributed by atoms with E-state index in [0.717, 1.165) is 12.8 Å². The molecule has 1 amide bonds. The maximum Gasteiger partial charge on any atom is 0.255 e. The zero-order valence-corrected chi connectivity index (χ0v) is 14.8. The van der Waals surface area contributed by atoms with E-state index in [1.165, 1.54) is 18.3 Å². The Morgan fingerprint density at radius 1 is 1.30 bits per heavy atom. The van der Waals surface area contributed by atoms with E-state index in [2.05, 4.69) is 20.3 Å². The summed E-state index contributed by atoms with van der Waals surface area (Å²) in [6.45, 7) is 2.99. The number of hydrogen-bond acceptors (Lipinski definition) is 6. The van der Waals surface area contributed by atoms with E-state index in [4.69, 9.17) is 4.52 Å². The van der Waals surface area contributed by atoms with E-state index in [9.17, 15) is 9.18 Å². The maximum atomic E-state index is 13.1. The van der Waals surface area contributed by atoms with Crippen molar-refractivity contribution in [2.24, 2.45) is 0 Å². The molecular formula is C19H18FN5O2. The Kier molecular flexibility index (Phi) is 4.62. The largest absolute Gasteiger partial charge is 0.339 e. The second kappa shape index (κ2) is 7.22. The number of piperidine rings is 1. The molecule has 7 nitrogen and oxygen atoms in total. The van der Waals surface area contributed by atoms with Crippen molar-refractivity contribution in [3.05, 3.63) is 59.5 Å². The lowest BCUT2D eigenvalue weighted by Crippen LogP contribution is -2.39. The monoisotopic (exact) mass is 367 g/mol. The first-order chi connectivity index (χ1) is 13.1. The number of rotatable bonds is 3. The van der Waals surface area contributed by atoms with Crippen molar-refractivity contribution in [2.45, 2.75) is 25.7 Å². The Bertz CT molecular complexity index is 957. The number of likely N-dealkylation sites (tertiary alicyclic amines) is 1. The summed E-state index contributed by atoms with van der Waals surface area (Å²) in [5.74, 6) is 0.499. The van der Waals surface area contributed by atoms with Crippen molar-refractivity contribution < 1.29 is 13.7 Å². The molecule has 0 bridgehead atoms. The second-order valence-corrected chi connectivity index (χ2v) is 6.64. The number of aromatic nitrogens is 4. The van der Waals surface area contributed by atoms with E-state index < -0.39 is 0 Å². The van der Waals surface area contributed by atoms with E-state index >= 15 is 0 Å². The number of hydrogen-bond donors (Lipinski definition) is 0. The molecule has 0 N–H and O–H groups in total. The quantitative estimate of drug-likeness (QED) is 0.707. The standard InChI is InChI=1S/C19H18FN5O2/c1-12-9-15(10-21-23-12)19(26)25-8-2-3-14(11-25)18-22-17(24-27-18)13-4-6-16(20)7-5-13/h4-7,9-10,14H,2-3,8,11H2,1H3. The Morgan fingerprint density at radius 3 is 2.89 bits per heavy atom. The molecule has 1 unspecified atom stereocenters. The van der Waals surface area contributed by atoms with Crippen LogP contribution in [0.1, 0.15) is 40.7 Å². The third-order valence-electron chi connectivity index (χ3n) is 4.63. The fourth-order valence-corrected chi connectivity index (χ4v) is 3.25. The van der Waals surface area contributed by atoms with Crippen LogP contribution >= 0.6 is 0 Å². The van der Waals surface area contributed by atoms with Crippen molar-refractivity contribution >= 4 is 5.91 Å². The lowest BCUT2D eigenvalue weighted by Gasteiger charge is -2.31. The molecular weight excluding hydrogens is 349 g/mol. The van der Waals surface area contributed by atoms with Gasteiger partial charge in [0.25, 0.3) is 5.91 Å². The Labute approximate surface area is 155 Å². The number of benzene rings is 1. The number of aryl methyl sites for hydroxylation is 1.